The van der Waals surface area contributed by atoms with Crippen LogP contribution in [-0.4, -0.2) is 4.92 Å². The molecule has 1 unspecified atom stereocenters. The van der Waals surface area contributed by atoms with Crippen LogP contribution in [0, 0.1) is 10.1 Å². The quantitative estimate of drug-likeness (QED) is 0.445. The first-order valence-corrected chi connectivity index (χ1v) is 5.78. The smallest absolute Gasteiger partial charge is 0.258 e. The van der Waals surface area contributed by atoms with E-state index >= 15 is 0 Å². The largest absolute Gasteiger partial charge is 0.459 e. The summed E-state index contributed by atoms with van der Waals surface area (Å²) in [5.74, 6) is 0. The van der Waals surface area contributed by atoms with E-state index in [0.29, 0.717) is 0 Å². The first-order valence-electron chi connectivity index (χ1n) is 3.43. The molecular weight excluding hydrogens is 213 g/mol. The second kappa shape index (κ2) is 4.30. The second-order valence-corrected chi connectivity index (χ2v) is 4.48. The summed E-state index contributed by atoms with van der Waals surface area (Å²) in [6.45, 7) is 0. The molecule has 0 aromatic heterocycles. The van der Waals surface area contributed by atoms with Crippen LogP contribution < -0.4 is 0 Å². The average Bonchev–Trinajstić information content (AvgIpc) is 2.04. The summed E-state index contributed by atoms with van der Waals surface area (Å²) in [6, 6.07) is 5.83. The van der Waals surface area contributed by atoms with Crippen LogP contribution in [0.2, 0.25) is 0 Å². The monoisotopic (exact) mass is 218 g/mol. The Kier molecular flexibility index (Phi) is 3.34. The second-order valence-electron chi connectivity index (χ2n) is 2.40. The lowest BCUT2D eigenvalue weighted by atomic mass is 10.2. The van der Waals surface area contributed by atoms with Gasteiger partial charge in [0.05, 0.1) is 4.92 Å². The third kappa shape index (κ3) is 3.09. The van der Waals surface area contributed by atoms with E-state index < -0.39 is 12.1 Å². The van der Waals surface area contributed by atoms with Crippen molar-refractivity contribution in [2.24, 2.45) is 0 Å². The number of rotatable bonds is 3. The Morgan fingerprint density at radius 1 is 1.38 bits per heavy atom. The fraction of sp³-hybridized carbons (Fsp3) is 0.143. The molecule has 68 valence electrons. The van der Waals surface area contributed by atoms with Gasteiger partial charge in [-0.25, -0.2) is 0 Å². The maximum absolute atomic E-state index is 10.6. The van der Waals surface area contributed by atoms with Gasteiger partial charge in [-0.15, -0.1) is 0 Å². The van der Waals surface area contributed by atoms with Crippen LogP contribution in [0.15, 0.2) is 24.3 Å². The lowest BCUT2D eigenvalue weighted by Gasteiger charge is -1.91. The van der Waals surface area contributed by atoms with Gasteiger partial charge in [0.2, 0.25) is 11.2 Å². The molecular formula is C7H6ClNO3P+. The molecule has 0 bridgehead atoms. The van der Waals surface area contributed by atoms with Crippen LogP contribution in [0.1, 0.15) is 5.56 Å². The Balaban J connectivity index is 2.81. The maximum atomic E-state index is 10.6. The number of benzene rings is 1. The van der Waals surface area contributed by atoms with Crippen LogP contribution in [0.5, 0.6) is 0 Å². The highest BCUT2D eigenvalue weighted by Crippen LogP contribution is 2.31. The lowest BCUT2D eigenvalue weighted by Crippen LogP contribution is -1.87. The fourth-order valence-electron chi connectivity index (χ4n) is 0.867. The van der Waals surface area contributed by atoms with Crippen molar-refractivity contribution in [1.82, 2.24) is 0 Å². The molecule has 0 aliphatic rings. The molecule has 0 saturated heterocycles. The summed E-state index contributed by atoms with van der Waals surface area (Å²) in [6.07, 6.45) is 0.245. The highest BCUT2D eigenvalue weighted by atomic mass is 35.7. The molecule has 1 aromatic rings. The number of hydrogen-bond donors (Lipinski definition) is 0. The van der Waals surface area contributed by atoms with E-state index in [0.717, 1.165) is 5.56 Å². The summed E-state index contributed by atoms with van der Waals surface area (Å²) in [7, 11) is -1.75. The molecule has 6 heteroatoms. The van der Waals surface area contributed by atoms with E-state index in [1.54, 1.807) is 12.1 Å². The van der Waals surface area contributed by atoms with Gasteiger partial charge in [-0.05, 0) is 12.1 Å². The summed E-state index contributed by atoms with van der Waals surface area (Å²) in [4.78, 5) is 9.77. The van der Waals surface area contributed by atoms with Crippen molar-refractivity contribution in [2.45, 2.75) is 6.16 Å². The average molecular weight is 219 g/mol. The summed E-state index contributed by atoms with van der Waals surface area (Å²) >= 11 is 5.29. The fourth-order valence-corrected chi connectivity index (χ4v) is 1.78. The van der Waals surface area contributed by atoms with E-state index in [1.807, 2.05) is 0 Å². The molecule has 1 rings (SSSR count). The predicted octanol–water partition coefficient (Wildman–Crippen LogP) is 3.08. The van der Waals surface area contributed by atoms with Crippen LogP contribution in [0.4, 0.5) is 5.69 Å². The summed E-state index contributed by atoms with van der Waals surface area (Å²) < 4.78 is 10.6. The van der Waals surface area contributed by atoms with Crippen molar-refractivity contribution in [2.75, 3.05) is 0 Å². The maximum Gasteiger partial charge on any atom is 0.459 e. The highest BCUT2D eigenvalue weighted by Gasteiger charge is 2.13. The molecule has 0 spiro atoms. The zero-order chi connectivity index (χ0) is 9.84. The van der Waals surface area contributed by atoms with Crippen LogP contribution in [0.25, 0.3) is 0 Å². The van der Waals surface area contributed by atoms with Gasteiger partial charge in [-0.3, -0.25) is 10.1 Å². The first-order chi connectivity index (χ1) is 6.09. The summed E-state index contributed by atoms with van der Waals surface area (Å²) in [5.41, 5.74) is 0.760. The molecule has 0 heterocycles. The highest BCUT2D eigenvalue weighted by molar-refractivity contribution is 7.73. The van der Waals surface area contributed by atoms with Crippen LogP contribution in [-0.2, 0) is 10.7 Å². The van der Waals surface area contributed by atoms with Crippen molar-refractivity contribution in [3.8, 4) is 0 Å². The molecule has 0 saturated carbocycles. The van der Waals surface area contributed by atoms with Gasteiger partial charge in [0.15, 0.2) is 6.16 Å². The van der Waals surface area contributed by atoms with Crippen molar-refractivity contribution in [3.05, 3.63) is 39.9 Å². The molecule has 1 atom stereocenters. The Morgan fingerprint density at radius 2 is 1.92 bits per heavy atom. The van der Waals surface area contributed by atoms with Crippen molar-refractivity contribution in [3.63, 3.8) is 0 Å². The van der Waals surface area contributed by atoms with Gasteiger partial charge in [-0.2, -0.15) is 0 Å². The molecule has 0 fully saturated rings. The molecule has 4 nitrogen and oxygen atoms in total. The van der Waals surface area contributed by atoms with E-state index in [9.17, 15) is 14.7 Å². The number of nitro groups is 1. The Morgan fingerprint density at radius 3 is 2.31 bits per heavy atom. The molecule has 0 amide bonds. The minimum atomic E-state index is -1.75. The molecule has 0 aliphatic carbocycles. The minimum Gasteiger partial charge on any atom is -0.258 e. The topological polar surface area (TPSA) is 60.2 Å². The van der Waals surface area contributed by atoms with Crippen LogP contribution >= 0.6 is 18.4 Å². The zero-order valence-electron chi connectivity index (χ0n) is 6.51. The first kappa shape index (κ1) is 10.1. The lowest BCUT2D eigenvalue weighted by molar-refractivity contribution is -0.384. The molecule has 0 radical (unpaired) electrons. The molecule has 0 aliphatic heterocycles. The van der Waals surface area contributed by atoms with Gasteiger partial charge < -0.3 is 0 Å². The van der Waals surface area contributed by atoms with E-state index in [-0.39, 0.29) is 11.8 Å². The minimum absolute atomic E-state index is 0.0218. The Labute approximate surface area is 80.2 Å². The normalized spacial score (nSPS) is 11.0. The van der Waals surface area contributed by atoms with E-state index in [2.05, 4.69) is 0 Å². The Bertz CT molecular complexity index is 338. The van der Waals surface area contributed by atoms with Gasteiger partial charge in [0, 0.05) is 17.7 Å². The number of halogens is 1. The van der Waals surface area contributed by atoms with Gasteiger partial charge in [-0.1, -0.05) is 4.57 Å². The molecule has 0 N–H and O–H groups in total. The number of non-ortho nitro benzene ring substituents is 1. The van der Waals surface area contributed by atoms with Gasteiger partial charge in [0.25, 0.3) is 5.69 Å². The number of hydrogen-bond acceptors (Lipinski definition) is 3. The Hall–Kier alpha value is -0.990. The third-order valence-corrected chi connectivity index (χ3v) is 2.43. The third-order valence-electron chi connectivity index (χ3n) is 1.45. The van der Waals surface area contributed by atoms with Crippen molar-refractivity contribution >= 4 is 24.1 Å². The van der Waals surface area contributed by atoms with E-state index in [4.69, 9.17) is 11.2 Å². The molecule has 13 heavy (non-hydrogen) atoms. The van der Waals surface area contributed by atoms with E-state index in [1.165, 1.54) is 12.1 Å². The van der Waals surface area contributed by atoms with Crippen molar-refractivity contribution < 1.29 is 9.49 Å². The SMILES string of the molecule is O=[N+]([O-])c1ccc(C[P+](=O)Cl)cc1. The number of nitro benzene ring substituents is 1. The number of nitrogens with zero attached hydrogens (tertiary/aromatic N) is 1. The molecule has 1 aromatic carbocycles. The van der Waals surface area contributed by atoms with Crippen molar-refractivity contribution in [1.29, 1.82) is 0 Å². The van der Waals surface area contributed by atoms with Gasteiger partial charge >= 0.3 is 7.15 Å². The standard InChI is InChI=1S/C7H6ClNO3P/c8-13(12)5-6-1-3-7(4-2-6)9(10)11/h1-4H,5H2/q+1. The summed E-state index contributed by atoms with van der Waals surface area (Å²) in [5, 5.41) is 10.3. The van der Waals surface area contributed by atoms with Crippen LogP contribution in [0.3, 0.4) is 0 Å². The van der Waals surface area contributed by atoms with Gasteiger partial charge in [0.1, 0.15) is 0 Å². The zero-order valence-corrected chi connectivity index (χ0v) is 8.16. The predicted molar refractivity (Wildman–Crippen MR) is 50.3 cm³/mol.